The fraction of sp³-hybridized carbons (Fsp3) is 0.812. The molecule has 1 aliphatic carbocycles. The van der Waals surface area contributed by atoms with Gasteiger partial charge in [-0.3, -0.25) is 0 Å². The second kappa shape index (κ2) is 5.92. The highest BCUT2D eigenvalue weighted by atomic mass is 32.1. The fourth-order valence-corrected chi connectivity index (χ4v) is 3.86. The Morgan fingerprint density at radius 2 is 1.95 bits per heavy atom. The van der Waals surface area contributed by atoms with E-state index >= 15 is 0 Å². The number of aliphatic hydroxyl groups excluding tert-OH is 1. The van der Waals surface area contributed by atoms with E-state index in [9.17, 15) is 5.11 Å². The lowest BCUT2D eigenvalue weighted by Gasteiger charge is -2.30. The SMILES string of the molecule is CCC1CCC(C(O)c2csc(C(C)(C)C)n2)CC1. The third kappa shape index (κ3) is 3.57. The Kier molecular flexibility index (Phi) is 4.67. The Balaban J connectivity index is 2.00. The molecule has 1 heterocycles. The molecule has 3 heteroatoms. The molecule has 1 fully saturated rings. The normalized spacial score (nSPS) is 26.4. The third-order valence-electron chi connectivity index (χ3n) is 4.38. The number of aromatic nitrogens is 1. The highest BCUT2D eigenvalue weighted by Gasteiger charge is 2.29. The van der Waals surface area contributed by atoms with Crippen LogP contribution >= 0.6 is 11.3 Å². The molecule has 0 aliphatic heterocycles. The zero-order valence-electron chi connectivity index (χ0n) is 12.6. The molecule has 1 aromatic rings. The maximum Gasteiger partial charge on any atom is 0.0996 e. The van der Waals surface area contributed by atoms with E-state index in [-0.39, 0.29) is 11.5 Å². The van der Waals surface area contributed by atoms with Gasteiger partial charge in [-0.15, -0.1) is 11.3 Å². The summed E-state index contributed by atoms with van der Waals surface area (Å²) in [6, 6.07) is 0. The molecule has 1 saturated carbocycles. The van der Waals surface area contributed by atoms with Crippen molar-refractivity contribution < 1.29 is 5.11 Å². The van der Waals surface area contributed by atoms with Crippen molar-refractivity contribution in [3.63, 3.8) is 0 Å². The van der Waals surface area contributed by atoms with E-state index < -0.39 is 0 Å². The van der Waals surface area contributed by atoms with Crippen LogP contribution in [0.1, 0.15) is 76.6 Å². The molecular weight excluding hydrogens is 254 g/mol. The summed E-state index contributed by atoms with van der Waals surface area (Å²) in [5, 5.41) is 13.7. The van der Waals surface area contributed by atoms with Crippen molar-refractivity contribution in [3.05, 3.63) is 16.1 Å². The van der Waals surface area contributed by atoms with E-state index in [1.54, 1.807) is 11.3 Å². The van der Waals surface area contributed by atoms with Crippen LogP contribution in [0.2, 0.25) is 0 Å². The van der Waals surface area contributed by atoms with Gasteiger partial charge in [-0.25, -0.2) is 4.98 Å². The number of aliphatic hydroxyl groups is 1. The molecule has 2 rings (SSSR count). The minimum Gasteiger partial charge on any atom is -0.386 e. The van der Waals surface area contributed by atoms with Crippen molar-refractivity contribution >= 4 is 11.3 Å². The highest BCUT2D eigenvalue weighted by Crippen LogP contribution is 2.38. The molecule has 1 N–H and O–H groups in total. The predicted molar refractivity (Wildman–Crippen MR) is 81.5 cm³/mol. The molecule has 0 aromatic carbocycles. The molecule has 0 spiro atoms. The summed E-state index contributed by atoms with van der Waals surface area (Å²) in [6.45, 7) is 8.80. The Bertz CT molecular complexity index is 399. The standard InChI is InChI=1S/C16H27NOS/c1-5-11-6-8-12(9-7-11)14(18)13-10-19-15(17-13)16(2,3)4/h10-12,14,18H,5-9H2,1-4H3. The molecule has 1 atom stereocenters. The van der Waals surface area contributed by atoms with Gasteiger partial charge < -0.3 is 5.11 Å². The fourth-order valence-electron chi connectivity index (χ4n) is 2.92. The average Bonchev–Trinajstić information content (AvgIpc) is 2.87. The van der Waals surface area contributed by atoms with Crippen LogP contribution in [0, 0.1) is 11.8 Å². The van der Waals surface area contributed by atoms with Gasteiger partial charge in [-0.1, -0.05) is 47.0 Å². The van der Waals surface area contributed by atoms with Crippen LogP contribution in [0.3, 0.4) is 0 Å². The third-order valence-corrected chi connectivity index (χ3v) is 5.67. The van der Waals surface area contributed by atoms with Crippen LogP contribution in [-0.4, -0.2) is 10.1 Å². The molecule has 2 nitrogen and oxygen atoms in total. The van der Waals surface area contributed by atoms with Crippen LogP contribution in [0.25, 0.3) is 0 Å². The molecule has 1 unspecified atom stereocenters. The second-order valence-corrected chi connectivity index (χ2v) is 7.82. The molecule has 0 radical (unpaired) electrons. The van der Waals surface area contributed by atoms with E-state index in [1.165, 1.54) is 19.3 Å². The van der Waals surface area contributed by atoms with Crippen molar-refractivity contribution in [2.75, 3.05) is 0 Å². The highest BCUT2D eigenvalue weighted by molar-refractivity contribution is 7.09. The van der Waals surface area contributed by atoms with Crippen LogP contribution in [0.15, 0.2) is 5.38 Å². The molecule has 0 bridgehead atoms. The summed E-state index contributed by atoms with van der Waals surface area (Å²) < 4.78 is 0. The molecular formula is C16H27NOS. The zero-order valence-corrected chi connectivity index (χ0v) is 13.5. The first kappa shape index (κ1) is 15.0. The maximum atomic E-state index is 10.5. The van der Waals surface area contributed by atoms with Gasteiger partial charge in [-0.05, 0) is 24.7 Å². The Morgan fingerprint density at radius 3 is 2.42 bits per heavy atom. The number of hydrogen-bond acceptors (Lipinski definition) is 3. The largest absolute Gasteiger partial charge is 0.386 e. The Labute approximate surface area is 121 Å². The van der Waals surface area contributed by atoms with Gasteiger partial charge >= 0.3 is 0 Å². The molecule has 1 aliphatic rings. The molecule has 19 heavy (non-hydrogen) atoms. The summed E-state index contributed by atoms with van der Waals surface area (Å²) in [7, 11) is 0. The number of nitrogens with zero attached hydrogens (tertiary/aromatic N) is 1. The Morgan fingerprint density at radius 1 is 1.32 bits per heavy atom. The zero-order chi connectivity index (χ0) is 14.0. The summed E-state index contributed by atoms with van der Waals surface area (Å²) in [5.74, 6) is 1.29. The van der Waals surface area contributed by atoms with Gasteiger partial charge in [0.05, 0.1) is 16.8 Å². The van der Waals surface area contributed by atoms with Gasteiger partial charge in [0.1, 0.15) is 0 Å². The number of hydrogen-bond donors (Lipinski definition) is 1. The van der Waals surface area contributed by atoms with Gasteiger partial charge in [0.2, 0.25) is 0 Å². The number of rotatable bonds is 3. The predicted octanol–water partition coefficient (Wildman–Crippen LogP) is 4.69. The van der Waals surface area contributed by atoms with Crippen LogP contribution in [0.5, 0.6) is 0 Å². The van der Waals surface area contributed by atoms with Crippen molar-refractivity contribution in [3.8, 4) is 0 Å². The van der Waals surface area contributed by atoms with E-state index in [0.29, 0.717) is 5.92 Å². The van der Waals surface area contributed by atoms with Gasteiger partial charge in [-0.2, -0.15) is 0 Å². The summed E-state index contributed by atoms with van der Waals surface area (Å²) in [4.78, 5) is 4.66. The minimum atomic E-state index is -0.356. The average molecular weight is 281 g/mol. The minimum absolute atomic E-state index is 0.0858. The van der Waals surface area contributed by atoms with Crippen molar-refractivity contribution in [2.24, 2.45) is 11.8 Å². The van der Waals surface area contributed by atoms with Crippen molar-refractivity contribution in [1.82, 2.24) is 4.98 Å². The maximum absolute atomic E-state index is 10.5. The smallest absolute Gasteiger partial charge is 0.0996 e. The van der Waals surface area contributed by atoms with Crippen LogP contribution in [0.4, 0.5) is 0 Å². The van der Waals surface area contributed by atoms with Gasteiger partial charge in [0.15, 0.2) is 0 Å². The molecule has 108 valence electrons. The Hall–Kier alpha value is -0.410. The molecule has 0 saturated heterocycles. The van der Waals surface area contributed by atoms with Crippen LogP contribution in [-0.2, 0) is 5.41 Å². The first-order valence-corrected chi connectivity index (χ1v) is 8.43. The number of thiazole rings is 1. The topological polar surface area (TPSA) is 33.1 Å². The summed E-state index contributed by atoms with van der Waals surface area (Å²) in [5.41, 5.74) is 0.984. The summed E-state index contributed by atoms with van der Waals surface area (Å²) in [6.07, 6.45) is 5.78. The van der Waals surface area contributed by atoms with Crippen molar-refractivity contribution in [2.45, 2.75) is 71.3 Å². The lowest BCUT2D eigenvalue weighted by atomic mass is 9.78. The quantitative estimate of drug-likeness (QED) is 0.872. The van der Waals surface area contributed by atoms with E-state index in [0.717, 1.165) is 29.5 Å². The second-order valence-electron chi connectivity index (χ2n) is 6.96. The van der Waals surface area contributed by atoms with Gasteiger partial charge in [0, 0.05) is 10.8 Å². The molecule has 1 aromatic heterocycles. The lowest BCUT2D eigenvalue weighted by molar-refractivity contribution is 0.0699. The lowest BCUT2D eigenvalue weighted by Crippen LogP contribution is -2.20. The summed E-state index contributed by atoms with van der Waals surface area (Å²) >= 11 is 1.68. The van der Waals surface area contributed by atoms with Gasteiger partial charge in [0.25, 0.3) is 0 Å². The first-order chi connectivity index (χ1) is 8.91. The monoisotopic (exact) mass is 281 g/mol. The van der Waals surface area contributed by atoms with E-state index in [4.69, 9.17) is 0 Å². The van der Waals surface area contributed by atoms with E-state index in [2.05, 4.69) is 38.1 Å². The van der Waals surface area contributed by atoms with Crippen molar-refractivity contribution in [1.29, 1.82) is 0 Å². The van der Waals surface area contributed by atoms with Crippen LogP contribution < -0.4 is 0 Å². The van der Waals surface area contributed by atoms with E-state index in [1.807, 2.05) is 0 Å². The molecule has 0 amide bonds. The first-order valence-electron chi connectivity index (χ1n) is 7.55.